The third kappa shape index (κ3) is 6.94. The number of nitrogens with one attached hydrogen (secondary N) is 1. The predicted molar refractivity (Wildman–Crippen MR) is 76.9 cm³/mol. The smallest absolute Gasteiger partial charge is 0.237 e. The van der Waals surface area contributed by atoms with Crippen LogP contribution < -0.4 is 11.1 Å². The van der Waals surface area contributed by atoms with Gasteiger partial charge in [0.25, 0.3) is 0 Å². The summed E-state index contributed by atoms with van der Waals surface area (Å²) >= 11 is 0. The van der Waals surface area contributed by atoms with Crippen LogP contribution in [-0.4, -0.2) is 31.7 Å². The normalized spacial score (nSPS) is 12.1. The third-order valence-corrected chi connectivity index (χ3v) is 2.82. The molecule has 1 amide bonds. The number of hydrogen-bond acceptors (Lipinski definition) is 3. The number of nitrogens with two attached hydrogens (primary N) is 1. The molecule has 1 aromatic rings. The van der Waals surface area contributed by atoms with E-state index in [1.807, 2.05) is 30.3 Å². The summed E-state index contributed by atoms with van der Waals surface area (Å²) < 4.78 is 5.37. The zero-order valence-electron chi connectivity index (χ0n) is 11.6. The molecule has 1 unspecified atom stereocenters. The van der Waals surface area contributed by atoms with Crippen LogP contribution in [0.4, 0.5) is 0 Å². The maximum atomic E-state index is 11.7. The minimum Gasteiger partial charge on any atom is -0.380 e. The lowest BCUT2D eigenvalue weighted by Gasteiger charge is -2.12. The fourth-order valence-electron chi connectivity index (χ4n) is 1.69. The van der Waals surface area contributed by atoms with E-state index in [0.29, 0.717) is 19.6 Å². The standard InChI is InChI=1S/C15H24N2O2/c1-2-3-10-19-11-9-17-15(18)14(16)12-13-7-5-4-6-8-13/h4-8,14H,2-3,9-12,16H2,1H3,(H,17,18). The molecule has 1 rings (SSSR count). The molecule has 0 fully saturated rings. The van der Waals surface area contributed by atoms with E-state index in [4.69, 9.17) is 10.5 Å². The summed E-state index contributed by atoms with van der Waals surface area (Å²) in [5, 5.41) is 2.79. The lowest BCUT2D eigenvalue weighted by molar-refractivity contribution is -0.122. The van der Waals surface area contributed by atoms with Crippen molar-refractivity contribution in [2.75, 3.05) is 19.8 Å². The van der Waals surface area contributed by atoms with Gasteiger partial charge in [-0.25, -0.2) is 0 Å². The molecule has 4 heteroatoms. The molecule has 4 nitrogen and oxygen atoms in total. The maximum absolute atomic E-state index is 11.7. The van der Waals surface area contributed by atoms with Crippen molar-refractivity contribution >= 4 is 5.91 Å². The monoisotopic (exact) mass is 264 g/mol. The van der Waals surface area contributed by atoms with Gasteiger partial charge in [0, 0.05) is 13.2 Å². The van der Waals surface area contributed by atoms with Gasteiger partial charge >= 0.3 is 0 Å². The Labute approximate surface area is 115 Å². The van der Waals surface area contributed by atoms with Crippen LogP contribution in [0, 0.1) is 0 Å². The van der Waals surface area contributed by atoms with Crippen LogP contribution >= 0.6 is 0 Å². The molecule has 0 aromatic heterocycles. The molecule has 1 atom stereocenters. The number of hydrogen-bond donors (Lipinski definition) is 2. The highest BCUT2D eigenvalue weighted by atomic mass is 16.5. The molecular weight excluding hydrogens is 240 g/mol. The lowest BCUT2D eigenvalue weighted by atomic mass is 10.1. The number of unbranched alkanes of at least 4 members (excludes halogenated alkanes) is 1. The van der Waals surface area contributed by atoms with Crippen LogP contribution in [0.15, 0.2) is 30.3 Å². The van der Waals surface area contributed by atoms with Gasteiger partial charge in [0.05, 0.1) is 12.6 Å². The van der Waals surface area contributed by atoms with Crippen LogP contribution in [-0.2, 0) is 16.0 Å². The molecule has 0 saturated carbocycles. The Balaban J connectivity index is 2.15. The molecule has 0 aliphatic carbocycles. The van der Waals surface area contributed by atoms with Crippen molar-refractivity contribution in [2.45, 2.75) is 32.2 Å². The van der Waals surface area contributed by atoms with E-state index in [0.717, 1.165) is 25.0 Å². The first-order valence-electron chi connectivity index (χ1n) is 6.89. The van der Waals surface area contributed by atoms with E-state index >= 15 is 0 Å². The molecule has 106 valence electrons. The number of carbonyl (C=O) groups is 1. The first-order chi connectivity index (χ1) is 9.24. The average molecular weight is 264 g/mol. The van der Waals surface area contributed by atoms with Crippen molar-refractivity contribution < 1.29 is 9.53 Å². The van der Waals surface area contributed by atoms with Crippen LogP contribution in [0.3, 0.4) is 0 Å². The van der Waals surface area contributed by atoms with Gasteiger partial charge in [-0.1, -0.05) is 43.7 Å². The van der Waals surface area contributed by atoms with Gasteiger partial charge < -0.3 is 15.8 Å². The van der Waals surface area contributed by atoms with Crippen molar-refractivity contribution in [1.29, 1.82) is 0 Å². The Morgan fingerprint density at radius 3 is 2.74 bits per heavy atom. The van der Waals surface area contributed by atoms with Gasteiger partial charge in [-0.05, 0) is 18.4 Å². The molecule has 0 aliphatic rings. The van der Waals surface area contributed by atoms with Gasteiger partial charge in [-0.15, -0.1) is 0 Å². The van der Waals surface area contributed by atoms with Crippen molar-refractivity contribution in [1.82, 2.24) is 5.32 Å². The van der Waals surface area contributed by atoms with Crippen LogP contribution in [0.25, 0.3) is 0 Å². The predicted octanol–water partition coefficient (Wildman–Crippen LogP) is 1.49. The van der Waals surface area contributed by atoms with Crippen molar-refractivity contribution in [3.8, 4) is 0 Å². The second kappa shape index (κ2) is 9.53. The summed E-state index contributed by atoms with van der Waals surface area (Å²) in [6.45, 7) is 3.94. The molecule has 0 heterocycles. The fourth-order valence-corrected chi connectivity index (χ4v) is 1.69. The van der Waals surface area contributed by atoms with E-state index < -0.39 is 6.04 Å². The van der Waals surface area contributed by atoms with E-state index in [1.165, 1.54) is 0 Å². The fraction of sp³-hybridized carbons (Fsp3) is 0.533. The second-order valence-electron chi connectivity index (χ2n) is 4.55. The van der Waals surface area contributed by atoms with Gasteiger partial charge in [0.1, 0.15) is 0 Å². The Hall–Kier alpha value is -1.39. The van der Waals surface area contributed by atoms with Gasteiger partial charge in [-0.3, -0.25) is 4.79 Å². The van der Waals surface area contributed by atoms with Crippen LogP contribution in [0.5, 0.6) is 0 Å². The zero-order chi connectivity index (χ0) is 13.9. The van der Waals surface area contributed by atoms with Crippen LogP contribution in [0.1, 0.15) is 25.3 Å². The van der Waals surface area contributed by atoms with E-state index in [2.05, 4.69) is 12.2 Å². The first-order valence-corrected chi connectivity index (χ1v) is 6.89. The zero-order valence-corrected chi connectivity index (χ0v) is 11.6. The second-order valence-corrected chi connectivity index (χ2v) is 4.55. The Morgan fingerprint density at radius 2 is 2.05 bits per heavy atom. The largest absolute Gasteiger partial charge is 0.380 e. The van der Waals surface area contributed by atoms with E-state index in [1.54, 1.807) is 0 Å². The summed E-state index contributed by atoms with van der Waals surface area (Å²) in [5.41, 5.74) is 6.93. The maximum Gasteiger partial charge on any atom is 0.237 e. The van der Waals surface area contributed by atoms with Gasteiger partial charge in [0.15, 0.2) is 0 Å². The minimum absolute atomic E-state index is 0.122. The molecule has 0 spiro atoms. The number of amides is 1. The van der Waals surface area contributed by atoms with Crippen molar-refractivity contribution in [2.24, 2.45) is 5.73 Å². The highest BCUT2D eigenvalue weighted by Gasteiger charge is 2.12. The molecule has 1 aromatic carbocycles. The van der Waals surface area contributed by atoms with Crippen molar-refractivity contribution in [3.63, 3.8) is 0 Å². The highest BCUT2D eigenvalue weighted by molar-refractivity contribution is 5.81. The summed E-state index contributed by atoms with van der Waals surface area (Å²) in [6.07, 6.45) is 2.74. The Morgan fingerprint density at radius 1 is 1.32 bits per heavy atom. The number of carbonyl (C=O) groups excluding carboxylic acids is 1. The first kappa shape index (κ1) is 15.7. The highest BCUT2D eigenvalue weighted by Crippen LogP contribution is 2.01. The lowest BCUT2D eigenvalue weighted by Crippen LogP contribution is -2.43. The van der Waals surface area contributed by atoms with Gasteiger partial charge in [0.2, 0.25) is 5.91 Å². The summed E-state index contributed by atoms with van der Waals surface area (Å²) in [5.74, 6) is -0.122. The minimum atomic E-state index is -0.502. The molecule has 0 aliphatic heterocycles. The van der Waals surface area contributed by atoms with E-state index in [9.17, 15) is 4.79 Å². The molecule has 3 N–H and O–H groups in total. The van der Waals surface area contributed by atoms with Crippen molar-refractivity contribution in [3.05, 3.63) is 35.9 Å². The molecule has 0 saturated heterocycles. The average Bonchev–Trinajstić information content (AvgIpc) is 2.43. The quantitative estimate of drug-likeness (QED) is 0.664. The topological polar surface area (TPSA) is 64.3 Å². The van der Waals surface area contributed by atoms with Gasteiger partial charge in [-0.2, -0.15) is 0 Å². The molecule has 0 radical (unpaired) electrons. The summed E-state index contributed by atoms with van der Waals surface area (Å²) in [4.78, 5) is 11.7. The molecule has 0 bridgehead atoms. The SMILES string of the molecule is CCCCOCCNC(=O)C(N)Cc1ccccc1. The summed E-state index contributed by atoms with van der Waals surface area (Å²) in [6, 6.07) is 9.28. The number of rotatable bonds is 9. The number of ether oxygens (including phenoxy) is 1. The molecular formula is C15H24N2O2. The number of benzene rings is 1. The van der Waals surface area contributed by atoms with E-state index in [-0.39, 0.29) is 5.91 Å². The Bertz CT molecular complexity index is 354. The van der Waals surface area contributed by atoms with Crippen LogP contribution in [0.2, 0.25) is 0 Å². The Kier molecular flexibility index (Phi) is 7.86. The molecule has 19 heavy (non-hydrogen) atoms. The third-order valence-electron chi connectivity index (χ3n) is 2.82. The summed E-state index contributed by atoms with van der Waals surface area (Å²) in [7, 11) is 0.